The molecule has 1 N–H and O–H groups in total. The Morgan fingerprint density at radius 3 is 3.00 bits per heavy atom. The highest BCUT2D eigenvalue weighted by atomic mass is 79.9. The lowest BCUT2D eigenvalue weighted by atomic mass is 10.0. The fraction of sp³-hybridized carbons (Fsp3) is 0.583. The minimum Gasteiger partial charge on any atom is -0.381 e. The Balaban J connectivity index is 1.77. The van der Waals surface area contributed by atoms with Gasteiger partial charge in [-0.05, 0) is 38.3 Å². The molecule has 0 spiro atoms. The number of nitrogens with one attached hydrogen (secondary N) is 1. The van der Waals surface area contributed by atoms with E-state index < -0.39 is 0 Å². The third kappa shape index (κ3) is 2.14. The first-order valence-corrected chi connectivity index (χ1v) is 7.66. The molecule has 2 aliphatic heterocycles. The summed E-state index contributed by atoms with van der Waals surface area (Å²) in [5.74, 6) is 0.301. The Morgan fingerprint density at radius 1 is 1.44 bits per heavy atom. The van der Waals surface area contributed by atoms with Crippen molar-refractivity contribution in [1.29, 1.82) is 0 Å². The molecule has 1 amide bonds. The van der Waals surface area contributed by atoms with E-state index in [1.165, 1.54) is 11.3 Å². The van der Waals surface area contributed by atoms with Gasteiger partial charge in [0.1, 0.15) is 0 Å². The van der Waals surface area contributed by atoms with Crippen molar-refractivity contribution >= 4 is 37.8 Å². The number of carbonyl (C=O) groups is 1. The molecule has 0 radical (unpaired) electrons. The second-order valence-corrected chi connectivity index (χ2v) is 6.37. The molecular weight excluding hydrogens is 364 g/mol. The zero-order valence-corrected chi connectivity index (χ0v) is 13.0. The number of fused-ring (bicyclic) bond motifs is 1. The molecule has 4 nitrogen and oxygen atoms in total. The topological polar surface area (TPSA) is 45.3 Å². The highest BCUT2D eigenvalue weighted by Gasteiger charge is 2.31. The van der Waals surface area contributed by atoms with Crippen LogP contribution in [0, 0.1) is 5.92 Å². The Hall–Kier alpha value is -0.330. The van der Waals surface area contributed by atoms with Crippen molar-refractivity contribution in [3.8, 4) is 0 Å². The summed E-state index contributed by atoms with van der Waals surface area (Å²) in [5, 5.41) is 0. The highest BCUT2D eigenvalue weighted by molar-refractivity contribution is 9.13. The second-order valence-electron chi connectivity index (χ2n) is 4.78. The van der Waals surface area contributed by atoms with E-state index in [2.05, 4.69) is 36.8 Å². The number of rotatable bonds is 1. The fourth-order valence-corrected chi connectivity index (χ4v) is 3.54. The van der Waals surface area contributed by atoms with Crippen LogP contribution in [0.5, 0.6) is 0 Å². The molecule has 1 aromatic rings. The first-order chi connectivity index (χ1) is 8.66. The van der Waals surface area contributed by atoms with Gasteiger partial charge in [0.15, 0.2) is 0 Å². The third-order valence-electron chi connectivity index (χ3n) is 3.65. The first kappa shape index (κ1) is 12.7. The number of hydrogen-bond donors (Lipinski definition) is 1. The number of carbonyl (C=O) groups excluding carboxylic acids is 1. The molecule has 1 unspecified atom stereocenters. The number of nitrogens with zero attached hydrogens (tertiary/aromatic N) is 1. The summed E-state index contributed by atoms with van der Waals surface area (Å²) in [6.45, 7) is 2.78. The summed E-state index contributed by atoms with van der Waals surface area (Å²) in [4.78, 5) is 17.6. The normalized spacial score (nSPS) is 23.2. The average molecular weight is 378 g/mol. The SMILES string of the molecule is O=C(C1CCOC1)N1CCc2[nH]c(Br)c(Br)c2C1. The molecule has 18 heavy (non-hydrogen) atoms. The molecule has 3 heterocycles. The van der Waals surface area contributed by atoms with Crippen LogP contribution < -0.4 is 0 Å². The van der Waals surface area contributed by atoms with Crippen LogP contribution in [-0.4, -0.2) is 35.5 Å². The lowest BCUT2D eigenvalue weighted by Gasteiger charge is -2.29. The first-order valence-electron chi connectivity index (χ1n) is 6.08. The molecule has 0 saturated carbocycles. The van der Waals surface area contributed by atoms with Crippen molar-refractivity contribution in [3.05, 3.63) is 20.3 Å². The molecule has 0 aromatic carbocycles. The molecule has 1 saturated heterocycles. The van der Waals surface area contributed by atoms with E-state index in [-0.39, 0.29) is 11.8 Å². The summed E-state index contributed by atoms with van der Waals surface area (Å²) in [5.41, 5.74) is 2.42. The highest BCUT2D eigenvalue weighted by Crippen LogP contribution is 2.33. The van der Waals surface area contributed by atoms with Crippen molar-refractivity contribution in [2.75, 3.05) is 19.8 Å². The molecular formula is C12H14Br2N2O2. The van der Waals surface area contributed by atoms with Crippen LogP contribution in [-0.2, 0) is 22.5 Å². The molecule has 6 heteroatoms. The Morgan fingerprint density at radius 2 is 2.28 bits per heavy atom. The number of aromatic nitrogens is 1. The number of halogens is 2. The van der Waals surface area contributed by atoms with Crippen LogP contribution in [0.3, 0.4) is 0 Å². The molecule has 0 aliphatic carbocycles. The standard InChI is InChI=1S/C12H14Br2N2O2/c13-10-8-5-16(3-1-9(8)15-11(10)14)12(17)7-2-4-18-6-7/h7,15H,1-6H2. The third-order valence-corrected chi connectivity index (χ3v) is 5.66. The fourth-order valence-electron chi connectivity index (χ4n) is 2.60. The minimum absolute atomic E-state index is 0.0627. The Kier molecular flexibility index (Phi) is 3.51. The van der Waals surface area contributed by atoms with E-state index in [1.807, 2.05) is 4.90 Å². The molecule has 1 atom stereocenters. The smallest absolute Gasteiger partial charge is 0.228 e. The van der Waals surface area contributed by atoms with Crippen LogP contribution >= 0.6 is 31.9 Å². The Labute approximate surface area is 122 Å². The predicted molar refractivity (Wildman–Crippen MR) is 74.2 cm³/mol. The summed E-state index contributed by atoms with van der Waals surface area (Å²) in [6, 6.07) is 0. The number of amides is 1. The molecule has 0 bridgehead atoms. The van der Waals surface area contributed by atoms with Gasteiger partial charge in [-0.15, -0.1) is 0 Å². The monoisotopic (exact) mass is 376 g/mol. The molecule has 3 rings (SSSR count). The van der Waals surface area contributed by atoms with Crippen LogP contribution in [0.1, 0.15) is 17.7 Å². The average Bonchev–Trinajstić information content (AvgIpc) is 2.99. The zero-order chi connectivity index (χ0) is 12.7. The van der Waals surface area contributed by atoms with Gasteiger partial charge in [0.05, 0.1) is 21.6 Å². The van der Waals surface area contributed by atoms with E-state index in [4.69, 9.17) is 4.74 Å². The van der Waals surface area contributed by atoms with Crippen LogP contribution in [0.2, 0.25) is 0 Å². The van der Waals surface area contributed by atoms with E-state index in [0.29, 0.717) is 13.2 Å². The van der Waals surface area contributed by atoms with Crippen molar-refractivity contribution in [3.63, 3.8) is 0 Å². The maximum atomic E-state index is 12.3. The molecule has 2 aliphatic rings. The van der Waals surface area contributed by atoms with Gasteiger partial charge in [-0.3, -0.25) is 4.79 Å². The maximum Gasteiger partial charge on any atom is 0.228 e. The van der Waals surface area contributed by atoms with Crippen molar-refractivity contribution in [1.82, 2.24) is 9.88 Å². The second kappa shape index (κ2) is 4.98. The Bertz CT molecular complexity index is 481. The zero-order valence-electron chi connectivity index (χ0n) is 9.84. The summed E-state index contributed by atoms with van der Waals surface area (Å²) < 4.78 is 7.30. The van der Waals surface area contributed by atoms with Gasteiger partial charge >= 0.3 is 0 Å². The van der Waals surface area contributed by atoms with Crippen LogP contribution in [0.25, 0.3) is 0 Å². The number of aromatic amines is 1. The van der Waals surface area contributed by atoms with Crippen molar-refractivity contribution in [2.24, 2.45) is 5.92 Å². The molecule has 1 aromatic heterocycles. The lowest BCUT2D eigenvalue weighted by Crippen LogP contribution is -2.39. The van der Waals surface area contributed by atoms with Crippen LogP contribution in [0.15, 0.2) is 9.08 Å². The van der Waals surface area contributed by atoms with Gasteiger partial charge in [0.2, 0.25) is 5.91 Å². The molecule has 98 valence electrons. The van der Waals surface area contributed by atoms with Gasteiger partial charge < -0.3 is 14.6 Å². The van der Waals surface area contributed by atoms with E-state index >= 15 is 0 Å². The van der Waals surface area contributed by atoms with Gasteiger partial charge in [0, 0.05) is 37.4 Å². The van der Waals surface area contributed by atoms with Gasteiger partial charge in [0.25, 0.3) is 0 Å². The van der Waals surface area contributed by atoms with Gasteiger partial charge in [-0.25, -0.2) is 0 Å². The summed E-state index contributed by atoms with van der Waals surface area (Å²) in [7, 11) is 0. The van der Waals surface area contributed by atoms with E-state index in [0.717, 1.165) is 35.1 Å². The molecule has 1 fully saturated rings. The van der Waals surface area contributed by atoms with E-state index in [1.54, 1.807) is 0 Å². The summed E-state index contributed by atoms with van der Waals surface area (Å²) >= 11 is 7.03. The largest absolute Gasteiger partial charge is 0.381 e. The minimum atomic E-state index is 0.0627. The number of ether oxygens (including phenoxy) is 1. The van der Waals surface area contributed by atoms with Crippen LogP contribution in [0.4, 0.5) is 0 Å². The number of H-pyrrole nitrogens is 1. The summed E-state index contributed by atoms with van der Waals surface area (Å²) in [6.07, 6.45) is 1.75. The van der Waals surface area contributed by atoms with Crippen molar-refractivity contribution < 1.29 is 9.53 Å². The number of hydrogen-bond acceptors (Lipinski definition) is 2. The van der Waals surface area contributed by atoms with Gasteiger partial charge in [-0.1, -0.05) is 0 Å². The van der Waals surface area contributed by atoms with E-state index in [9.17, 15) is 4.79 Å². The predicted octanol–water partition coefficient (Wildman–Crippen LogP) is 2.46. The lowest BCUT2D eigenvalue weighted by molar-refractivity contribution is -0.136. The maximum absolute atomic E-state index is 12.3. The van der Waals surface area contributed by atoms with Gasteiger partial charge in [-0.2, -0.15) is 0 Å². The van der Waals surface area contributed by atoms with Crippen molar-refractivity contribution in [2.45, 2.75) is 19.4 Å². The quantitative estimate of drug-likeness (QED) is 0.817.